The monoisotopic (exact) mass is 176 g/mol. The van der Waals surface area contributed by atoms with Gasteiger partial charge in [0.25, 0.3) is 0 Å². The molecule has 0 bridgehead atoms. The van der Waals surface area contributed by atoms with Crippen LogP contribution in [0.5, 0.6) is 0 Å². The van der Waals surface area contributed by atoms with Crippen LogP contribution in [0.1, 0.15) is 0 Å². The van der Waals surface area contributed by atoms with Crippen LogP contribution in [0, 0.1) is 0 Å². The van der Waals surface area contributed by atoms with E-state index < -0.39 is 0 Å². The minimum atomic E-state index is 0.633. The maximum absolute atomic E-state index is 4.12. The van der Waals surface area contributed by atoms with Crippen molar-refractivity contribution in [1.29, 1.82) is 0 Å². The van der Waals surface area contributed by atoms with Gasteiger partial charge in [0.05, 0.1) is 0 Å². The fourth-order valence-corrected chi connectivity index (χ4v) is 0.847. The molecule has 0 aliphatic rings. The summed E-state index contributed by atoms with van der Waals surface area (Å²) in [5.74, 6) is 1.37. The van der Waals surface area contributed by atoms with Gasteiger partial charge >= 0.3 is 0 Å². The van der Waals surface area contributed by atoms with E-state index in [0.29, 0.717) is 5.84 Å². The fraction of sp³-hybridized carbons (Fsp3) is 0.111. The van der Waals surface area contributed by atoms with Crippen LogP contribution in [0.4, 0.5) is 5.82 Å². The molecule has 0 aromatic carbocycles. The van der Waals surface area contributed by atoms with Crippen LogP contribution >= 0.6 is 0 Å². The number of aryl methyl sites for hydroxylation is 1. The Morgan fingerprint density at radius 2 is 2.46 bits per heavy atom. The number of nitrogens with zero attached hydrogens (tertiary/aromatic N) is 3. The summed E-state index contributed by atoms with van der Waals surface area (Å²) >= 11 is 0. The number of nitrogens with one attached hydrogen (secondary N) is 1. The van der Waals surface area contributed by atoms with Crippen molar-refractivity contribution in [2.45, 2.75) is 0 Å². The van der Waals surface area contributed by atoms with Crippen LogP contribution in [0.25, 0.3) is 0 Å². The minimum Gasteiger partial charge on any atom is -0.323 e. The molecule has 0 saturated heterocycles. The molecule has 1 N–H and O–H groups in total. The highest BCUT2D eigenvalue weighted by Crippen LogP contribution is 2.01. The number of hydrogen-bond donors (Lipinski definition) is 1. The topological polar surface area (TPSA) is 42.2 Å². The second kappa shape index (κ2) is 4.25. The molecule has 4 nitrogen and oxygen atoms in total. The Balaban J connectivity index is 2.72. The molecule has 1 aromatic rings. The summed E-state index contributed by atoms with van der Waals surface area (Å²) in [4.78, 5) is 3.95. The average Bonchev–Trinajstić information content (AvgIpc) is 2.50. The van der Waals surface area contributed by atoms with E-state index in [1.54, 1.807) is 10.8 Å². The first-order chi connectivity index (χ1) is 6.26. The van der Waals surface area contributed by atoms with E-state index >= 15 is 0 Å². The highest BCUT2D eigenvalue weighted by molar-refractivity contribution is 6.03. The number of aromatic nitrogens is 2. The van der Waals surface area contributed by atoms with Gasteiger partial charge in [-0.3, -0.25) is 4.68 Å². The van der Waals surface area contributed by atoms with Crippen LogP contribution in [0.15, 0.2) is 42.7 Å². The van der Waals surface area contributed by atoms with Gasteiger partial charge in [-0.15, -0.1) is 0 Å². The Hall–Kier alpha value is -1.84. The molecule has 0 aliphatic carbocycles. The maximum Gasteiger partial charge on any atom is 0.153 e. The van der Waals surface area contributed by atoms with Gasteiger partial charge < -0.3 is 5.32 Å². The highest BCUT2D eigenvalue weighted by atomic mass is 15.3. The number of hydrogen-bond acceptors (Lipinski definition) is 2. The SMILES string of the molecule is C=CN=C(C=C)Nc1ccn(C)n1. The third kappa shape index (κ3) is 2.59. The van der Waals surface area contributed by atoms with E-state index in [1.165, 1.54) is 6.20 Å². The summed E-state index contributed by atoms with van der Waals surface area (Å²) in [6.07, 6.45) is 4.90. The lowest BCUT2D eigenvalue weighted by atomic mass is 10.5. The molecule has 4 heteroatoms. The van der Waals surface area contributed by atoms with Crippen molar-refractivity contribution in [3.05, 3.63) is 37.7 Å². The summed E-state index contributed by atoms with van der Waals surface area (Å²) in [5.41, 5.74) is 0. The molecule has 0 saturated carbocycles. The average molecular weight is 176 g/mol. The molecular weight excluding hydrogens is 164 g/mol. The normalized spacial score (nSPS) is 11.0. The zero-order valence-electron chi connectivity index (χ0n) is 7.57. The van der Waals surface area contributed by atoms with Crippen molar-refractivity contribution in [3.63, 3.8) is 0 Å². The van der Waals surface area contributed by atoms with Gasteiger partial charge in [0.1, 0.15) is 5.84 Å². The summed E-state index contributed by atoms with van der Waals surface area (Å²) in [5, 5.41) is 7.10. The van der Waals surface area contributed by atoms with Gasteiger partial charge in [0.15, 0.2) is 5.82 Å². The molecule has 0 fully saturated rings. The van der Waals surface area contributed by atoms with Gasteiger partial charge in [-0.25, -0.2) is 4.99 Å². The van der Waals surface area contributed by atoms with Gasteiger partial charge in [0.2, 0.25) is 0 Å². The van der Waals surface area contributed by atoms with Crippen molar-refractivity contribution >= 4 is 11.7 Å². The van der Waals surface area contributed by atoms with Gasteiger partial charge in [-0.05, 0) is 6.08 Å². The third-order valence-corrected chi connectivity index (χ3v) is 1.39. The van der Waals surface area contributed by atoms with Gasteiger partial charge in [-0.2, -0.15) is 5.10 Å². The summed E-state index contributed by atoms with van der Waals surface area (Å²) < 4.78 is 1.71. The molecule has 0 aliphatic heterocycles. The van der Waals surface area contributed by atoms with Gasteiger partial charge in [-0.1, -0.05) is 13.2 Å². The lowest BCUT2D eigenvalue weighted by Gasteiger charge is -1.99. The Kier molecular flexibility index (Phi) is 3.03. The quantitative estimate of drug-likeness (QED) is 0.561. The van der Waals surface area contributed by atoms with Crippen molar-refractivity contribution in [2.24, 2.45) is 12.0 Å². The van der Waals surface area contributed by atoms with Crippen LogP contribution in [-0.2, 0) is 7.05 Å². The van der Waals surface area contributed by atoms with E-state index in [9.17, 15) is 0 Å². The predicted molar refractivity (Wildman–Crippen MR) is 54.7 cm³/mol. The number of rotatable bonds is 3. The Morgan fingerprint density at radius 1 is 1.69 bits per heavy atom. The van der Waals surface area contributed by atoms with Crippen LogP contribution in [0.2, 0.25) is 0 Å². The predicted octanol–water partition coefficient (Wildman–Crippen LogP) is 1.56. The van der Waals surface area contributed by atoms with E-state index in [2.05, 4.69) is 28.6 Å². The first-order valence-corrected chi connectivity index (χ1v) is 3.84. The molecule has 0 amide bonds. The van der Waals surface area contributed by atoms with Crippen molar-refractivity contribution in [3.8, 4) is 0 Å². The van der Waals surface area contributed by atoms with E-state index in [4.69, 9.17) is 0 Å². The summed E-state index contributed by atoms with van der Waals surface area (Å²) in [6.45, 7) is 7.10. The second-order valence-electron chi connectivity index (χ2n) is 2.40. The largest absolute Gasteiger partial charge is 0.323 e. The molecule has 1 heterocycles. The summed E-state index contributed by atoms with van der Waals surface area (Å²) in [7, 11) is 1.85. The lowest BCUT2D eigenvalue weighted by molar-refractivity contribution is 0.771. The first kappa shape index (κ1) is 9.25. The van der Waals surface area contributed by atoms with Crippen LogP contribution in [-0.4, -0.2) is 15.6 Å². The van der Waals surface area contributed by atoms with Crippen LogP contribution < -0.4 is 5.32 Å². The number of anilines is 1. The lowest BCUT2D eigenvalue weighted by Crippen LogP contribution is -2.08. The molecule has 0 unspecified atom stereocenters. The maximum atomic E-state index is 4.12. The Morgan fingerprint density at radius 3 is 2.92 bits per heavy atom. The van der Waals surface area contributed by atoms with E-state index in [0.717, 1.165) is 5.82 Å². The molecule has 68 valence electrons. The fourth-order valence-electron chi connectivity index (χ4n) is 0.847. The van der Waals surface area contributed by atoms with E-state index in [-0.39, 0.29) is 0 Å². The molecule has 13 heavy (non-hydrogen) atoms. The minimum absolute atomic E-state index is 0.633. The van der Waals surface area contributed by atoms with Crippen molar-refractivity contribution in [1.82, 2.24) is 9.78 Å². The van der Waals surface area contributed by atoms with E-state index in [1.807, 2.05) is 19.3 Å². The van der Waals surface area contributed by atoms with Crippen molar-refractivity contribution in [2.75, 3.05) is 5.32 Å². The summed E-state index contributed by atoms with van der Waals surface area (Å²) in [6, 6.07) is 1.85. The highest BCUT2D eigenvalue weighted by Gasteiger charge is 1.96. The standard InChI is InChI=1S/C9H12N4/c1-4-8(10-5-2)11-9-6-7-13(3)12-9/h4-7H,1-2H2,3H3,(H,10,11,12). The van der Waals surface area contributed by atoms with Crippen molar-refractivity contribution < 1.29 is 0 Å². The molecule has 0 radical (unpaired) electrons. The molecule has 0 spiro atoms. The molecular formula is C9H12N4. The first-order valence-electron chi connectivity index (χ1n) is 3.84. The Labute approximate surface area is 77.3 Å². The van der Waals surface area contributed by atoms with Crippen LogP contribution in [0.3, 0.4) is 0 Å². The zero-order valence-corrected chi connectivity index (χ0v) is 7.57. The second-order valence-corrected chi connectivity index (χ2v) is 2.40. The third-order valence-electron chi connectivity index (χ3n) is 1.39. The number of amidine groups is 1. The molecule has 1 rings (SSSR count). The number of aliphatic imine (C=N–C) groups is 1. The molecule has 1 aromatic heterocycles. The smallest absolute Gasteiger partial charge is 0.153 e. The Bertz CT molecular complexity index is 335. The zero-order chi connectivity index (χ0) is 9.68. The molecule has 0 atom stereocenters. The van der Waals surface area contributed by atoms with Gasteiger partial charge in [0, 0.05) is 25.5 Å².